The lowest BCUT2D eigenvalue weighted by molar-refractivity contribution is 0.370. The molecular formula is C38H27N3O2. The second-order valence-corrected chi connectivity index (χ2v) is 9.70. The van der Waals surface area contributed by atoms with Gasteiger partial charge in [-0.1, -0.05) is 96.8 Å². The molecule has 5 nitrogen and oxygen atoms in total. The van der Waals surface area contributed by atoms with Crippen LogP contribution in [0.3, 0.4) is 0 Å². The van der Waals surface area contributed by atoms with Crippen molar-refractivity contribution in [3.63, 3.8) is 0 Å². The molecule has 0 saturated carbocycles. The maximum Gasteiger partial charge on any atom is 0.162 e. The highest BCUT2D eigenvalue weighted by Gasteiger charge is 2.21. The summed E-state index contributed by atoms with van der Waals surface area (Å²) in [6.45, 7) is 0.431. The van der Waals surface area contributed by atoms with Crippen LogP contribution in [0.4, 0.5) is 5.82 Å². The fourth-order valence-electron chi connectivity index (χ4n) is 4.80. The zero-order valence-electron chi connectivity index (χ0n) is 23.3. The molecule has 43 heavy (non-hydrogen) atoms. The zero-order valence-corrected chi connectivity index (χ0v) is 23.3. The first-order valence-electron chi connectivity index (χ1n) is 13.8. The van der Waals surface area contributed by atoms with Crippen LogP contribution in [0.15, 0.2) is 131 Å². The van der Waals surface area contributed by atoms with Gasteiger partial charge in [0.05, 0.1) is 5.71 Å². The molecule has 1 N–H and O–H groups in total. The standard InChI is InChI=1S/C38H27N3O2/c1-3-23-42-31-19-15-27(16-20-31)33-25-35(29-11-7-5-8-12-29)39-37(33)41-38-34(26-36(40-38)30-13-9-6-10-14-30)28-17-21-32(22-18-28)43-24-4-2/h1-2,5-22,25-26,39H,23-24H2. The molecule has 1 aromatic heterocycles. The summed E-state index contributed by atoms with van der Waals surface area (Å²) in [6.07, 6.45) is 12.8. The van der Waals surface area contributed by atoms with Crippen molar-refractivity contribution < 1.29 is 9.47 Å². The van der Waals surface area contributed by atoms with Gasteiger partial charge in [-0.05, 0) is 53.1 Å². The quantitative estimate of drug-likeness (QED) is 0.187. The van der Waals surface area contributed by atoms with Gasteiger partial charge in [-0.2, -0.15) is 0 Å². The molecule has 2 heterocycles. The van der Waals surface area contributed by atoms with E-state index in [1.165, 1.54) is 0 Å². The van der Waals surface area contributed by atoms with Gasteiger partial charge in [0.1, 0.15) is 30.5 Å². The molecule has 0 fully saturated rings. The molecule has 0 radical (unpaired) electrons. The van der Waals surface area contributed by atoms with Gasteiger partial charge in [0.15, 0.2) is 5.84 Å². The lowest BCUT2D eigenvalue weighted by atomic mass is 10.0. The van der Waals surface area contributed by atoms with Gasteiger partial charge >= 0.3 is 0 Å². The average molecular weight is 558 g/mol. The van der Waals surface area contributed by atoms with Crippen LogP contribution in [0, 0.1) is 24.7 Å². The van der Waals surface area contributed by atoms with Crippen molar-refractivity contribution in [2.75, 3.05) is 13.2 Å². The predicted octanol–water partition coefficient (Wildman–Crippen LogP) is 7.99. The van der Waals surface area contributed by atoms with E-state index in [0.717, 1.165) is 44.8 Å². The number of benzene rings is 4. The SMILES string of the molecule is C#CCOc1ccc(C2=CC(c3ccccc3)=NC2=Nc2[nH]c(-c3ccccc3)cc2-c2ccc(OCC#C)cc2)cc1. The van der Waals surface area contributed by atoms with Crippen molar-refractivity contribution in [2.24, 2.45) is 9.98 Å². The number of aromatic amines is 1. The van der Waals surface area contributed by atoms with E-state index in [4.69, 9.17) is 32.3 Å². The number of ether oxygens (including phenoxy) is 2. The van der Waals surface area contributed by atoms with Crippen molar-refractivity contribution in [3.8, 4) is 58.6 Å². The molecule has 5 heteroatoms. The maximum absolute atomic E-state index is 5.59. The first-order chi connectivity index (χ1) is 21.2. The highest BCUT2D eigenvalue weighted by Crippen LogP contribution is 2.37. The zero-order chi connectivity index (χ0) is 29.4. The molecule has 1 aliphatic rings. The van der Waals surface area contributed by atoms with Crippen molar-refractivity contribution >= 4 is 22.9 Å². The van der Waals surface area contributed by atoms with E-state index in [2.05, 4.69) is 41.1 Å². The summed E-state index contributed by atoms with van der Waals surface area (Å²) in [4.78, 5) is 13.7. The van der Waals surface area contributed by atoms with E-state index >= 15 is 0 Å². The third-order valence-corrected chi connectivity index (χ3v) is 6.89. The third kappa shape index (κ3) is 6.17. The summed E-state index contributed by atoms with van der Waals surface area (Å²) in [5.41, 5.74) is 7.66. The van der Waals surface area contributed by atoms with Gasteiger partial charge in [0, 0.05) is 22.4 Å². The first-order valence-corrected chi connectivity index (χ1v) is 13.8. The molecule has 0 bridgehead atoms. The van der Waals surface area contributed by atoms with Crippen LogP contribution in [0.1, 0.15) is 11.1 Å². The number of rotatable bonds is 9. The highest BCUT2D eigenvalue weighted by molar-refractivity contribution is 6.38. The molecule has 206 valence electrons. The second-order valence-electron chi connectivity index (χ2n) is 9.70. The fraction of sp³-hybridized carbons (Fsp3) is 0.0526. The summed E-state index contributed by atoms with van der Waals surface area (Å²) in [7, 11) is 0. The molecule has 6 rings (SSSR count). The molecule has 4 aromatic carbocycles. The van der Waals surface area contributed by atoms with E-state index in [1.807, 2.05) is 97.1 Å². The second kappa shape index (κ2) is 12.6. The Kier molecular flexibility index (Phi) is 7.98. The van der Waals surface area contributed by atoms with Gasteiger partial charge in [0.25, 0.3) is 0 Å². The molecule has 0 spiro atoms. The molecule has 0 atom stereocenters. The van der Waals surface area contributed by atoms with Crippen LogP contribution in [-0.2, 0) is 0 Å². The Morgan fingerprint density at radius 2 is 1.21 bits per heavy atom. The molecule has 0 amide bonds. The predicted molar refractivity (Wildman–Crippen MR) is 175 cm³/mol. The van der Waals surface area contributed by atoms with E-state index in [1.54, 1.807) is 0 Å². The number of terminal acetylenes is 2. The normalized spacial score (nSPS) is 13.1. The topological polar surface area (TPSA) is 59.0 Å². The van der Waals surface area contributed by atoms with Gasteiger partial charge in [-0.15, -0.1) is 12.8 Å². The number of nitrogens with zero attached hydrogens (tertiary/aromatic N) is 2. The molecule has 1 aliphatic heterocycles. The molecule has 0 saturated heterocycles. The lowest BCUT2D eigenvalue weighted by Crippen LogP contribution is -1.97. The van der Waals surface area contributed by atoms with Crippen LogP contribution in [0.2, 0.25) is 0 Å². The largest absolute Gasteiger partial charge is 0.481 e. The highest BCUT2D eigenvalue weighted by atomic mass is 16.5. The van der Waals surface area contributed by atoms with E-state index in [9.17, 15) is 0 Å². The minimum atomic E-state index is 0.215. The first kappa shape index (κ1) is 27.1. The smallest absolute Gasteiger partial charge is 0.162 e. The fourth-order valence-corrected chi connectivity index (χ4v) is 4.80. The Hall–Kier alpha value is -6.04. The summed E-state index contributed by atoms with van der Waals surface area (Å²) >= 11 is 0. The number of hydrogen-bond donors (Lipinski definition) is 1. The number of aromatic nitrogens is 1. The molecule has 5 aromatic rings. The minimum Gasteiger partial charge on any atom is -0.481 e. The Bertz CT molecular complexity index is 1900. The van der Waals surface area contributed by atoms with Crippen LogP contribution in [0.5, 0.6) is 11.5 Å². The number of hydrogen-bond acceptors (Lipinski definition) is 3. The van der Waals surface area contributed by atoms with Crippen LogP contribution in [-0.4, -0.2) is 29.7 Å². The van der Waals surface area contributed by atoms with Crippen molar-refractivity contribution in [1.82, 2.24) is 4.98 Å². The Morgan fingerprint density at radius 1 is 0.651 bits per heavy atom. The summed E-state index contributed by atoms with van der Waals surface area (Å²) in [5.74, 6) is 7.72. The van der Waals surface area contributed by atoms with Crippen LogP contribution >= 0.6 is 0 Å². The van der Waals surface area contributed by atoms with E-state index < -0.39 is 0 Å². The number of allylic oxidation sites excluding steroid dienone is 1. The number of nitrogens with one attached hydrogen (secondary N) is 1. The summed E-state index contributed by atoms with van der Waals surface area (Å²) in [6, 6.07) is 38.0. The van der Waals surface area contributed by atoms with Gasteiger partial charge in [-0.3, -0.25) is 0 Å². The van der Waals surface area contributed by atoms with Gasteiger partial charge in [-0.25, -0.2) is 9.98 Å². The Balaban J connectivity index is 1.45. The number of H-pyrrole nitrogens is 1. The Labute approximate surface area is 251 Å². The monoisotopic (exact) mass is 557 g/mol. The van der Waals surface area contributed by atoms with Crippen molar-refractivity contribution in [1.29, 1.82) is 0 Å². The maximum atomic E-state index is 5.59. The summed E-state index contributed by atoms with van der Waals surface area (Å²) in [5, 5.41) is 0. The number of amidine groups is 1. The van der Waals surface area contributed by atoms with E-state index in [-0.39, 0.29) is 13.2 Å². The molecule has 0 aliphatic carbocycles. The van der Waals surface area contributed by atoms with Crippen LogP contribution < -0.4 is 9.47 Å². The van der Waals surface area contributed by atoms with Crippen molar-refractivity contribution in [2.45, 2.75) is 0 Å². The minimum absolute atomic E-state index is 0.215. The third-order valence-electron chi connectivity index (χ3n) is 6.89. The van der Waals surface area contributed by atoms with Gasteiger partial charge in [0.2, 0.25) is 0 Å². The molecule has 0 unspecified atom stereocenters. The van der Waals surface area contributed by atoms with Crippen molar-refractivity contribution in [3.05, 3.63) is 132 Å². The Morgan fingerprint density at radius 3 is 1.79 bits per heavy atom. The lowest BCUT2D eigenvalue weighted by Gasteiger charge is -2.07. The number of aliphatic imine (C=N–C) groups is 2. The van der Waals surface area contributed by atoms with E-state index in [0.29, 0.717) is 23.2 Å². The summed E-state index contributed by atoms with van der Waals surface area (Å²) < 4.78 is 11.2. The average Bonchev–Trinajstić information content (AvgIpc) is 3.69. The molecular weight excluding hydrogens is 530 g/mol. The van der Waals surface area contributed by atoms with Crippen LogP contribution in [0.25, 0.3) is 28.0 Å². The van der Waals surface area contributed by atoms with Gasteiger partial charge < -0.3 is 14.5 Å².